The van der Waals surface area contributed by atoms with Crippen molar-refractivity contribution in [2.24, 2.45) is 11.8 Å². The van der Waals surface area contributed by atoms with Gasteiger partial charge in [-0.2, -0.15) is 0 Å². The Labute approximate surface area is 87.0 Å². The number of hydroxylamine groups is 1. The number of rotatable bonds is 2. The van der Waals surface area contributed by atoms with E-state index in [1.165, 1.54) is 57.8 Å². The fourth-order valence-corrected chi connectivity index (χ4v) is 3.38. The second-order valence-corrected chi connectivity index (χ2v) is 5.15. The van der Waals surface area contributed by atoms with E-state index in [4.69, 9.17) is 5.21 Å². The number of nitrogens with one attached hydrogen (secondary N) is 1. The van der Waals surface area contributed by atoms with Gasteiger partial charge in [-0.05, 0) is 24.7 Å². The van der Waals surface area contributed by atoms with Crippen molar-refractivity contribution >= 4 is 0 Å². The van der Waals surface area contributed by atoms with Gasteiger partial charge in [0, 0.05) is 6.04 Å². The lowest BCUT2D eigenvalue weighted by Gasteiger charge is -2.35. The topological polar surface area (TPSA) is 32.3 Å². The summed E-state index contributed by atoms with van der Waals surface area (Å²) in [5.74, 6) is 1.87. The van der Waals surface area contributed by atoms with Crippen LogP contribution in [-0.4, -0.2) is 11.2 Å². The lowest BCUT2D eigenvalue weighted by Crippen LogP contribution is -2.34. The Morgan fingerprint density at radius 1 is 0.786 bits per heavy atom. The van der Waals surface area contributed by atoms with Crippen LogP contribution in [-0.2, 0) is 0 Å². The van der Waals surface area contributed by atoms with Crippen molar-refractivity contribution in [2.45, 2.75) is 63.8 Å². The van der Waals surface area contributed by atoms with E-state index in [0.717, 1.165) is 11.8 Å². The van der Waals surface area contributed by atoms with Crippen LogP contribution >= 0.6 is 0 Å². The molecule has 2 nitrogen and oxygen atoms in total. The minimum absolute atomic E-state index is 0.385. The fourth-order valence-electron chi connectivity index (χ4n) is 3.38. The van der Waals surface area contributed by atoms with Crippen LogP contribution in [0.2, 0.25) is 0 Å². The van der Waals surface area contributed by atoms with E-state index >= 15 is 0 Å². The molecule has 2 N–H and O–H groups in total. The van der Waals surface area contributed by atoms with Gasteiger partial charge in [0.2, 0.25) is 0 Å². The Kier molecular flexibility index (Phi) is 3.82. The third-order valence-corrected chi connectivity index (χ3v) is 4.21. The first kappa shape index (κ1) is 10.4. The predicted molar refractivity (Wildman–Crippen MR) is 57.2 cm³/mol. The Hall–Kier alpha value is -0.0800. The SMILES string of the molecule is ONC1CCCC(C2CCCCC2)C1. The second kappa shape index (κ2) is 5.13. The monoisotopic (exact) mass is 197 g/mol. The molecule has 0 amide bonds. The molecule has 0 aromatic rings. The van der Waals surface area contributed by atoms with E-state index in [-0.39, 0.29) is 0 Å². The molecule has 0 spiro atoms. The van der Waals surface area contributed by atoms with Gasteiger partial charge in [-0.25, -0.2) is 5.48 Å². The average Bonchev–Trinajstić information content (AvgIpc) is 2.30. The standard InChI is InChI=1S/C12H23NO/c14-13-12-8-4-7-11(9-12)10-5-2-1-3-6-10/h10-14H,1-9H2. The molecule has 0 heterocycles. The van der Waals surface area contributed by atoms with Crippen molar-refractivity contribution in [3.8, 4) is 0 Å². The molecule has 82 valence electrons. The van der Waals surface area contributed by atoms with E-state index in [9.17, 15) is 0 Å². The molecule has 2 heteroatoms. The van der Waals surface area contributed by atoms with Crippen LogP contribution in [0.4, 0.5) is 0 Å². The highest BCUT2D eigenvalue weighted by molar-refractivity contribution is 4.81. The van der Waals surface area contributed by atoms with Crippen molar-refractivity contribution in [1.82, 2.24) is 5.48 Å². The molecule has 2 saturated carbocycles. The van der Waals surface area contributed by atoms with Crippen LogP contribution < -0.4 is 5.48 Å². The van der Waals surface area contributed by atoms with Crippen LogP contribution in [0.15, 0.2) is 0 Å². The first-order valence-corrected chi connectivity index (χ1v) is 6.30. The summed E-state index contributed by atoms with van der Waals surface area (Å²) in [6, 6.07) is 0.385. The van der Waals surface area contributed by atoms with Gasteiger partial charge in [0.15, 0.2) is 0 Å². The molecule has 2 aliphatic carbocycles. The van der Waals surface area contributed by atoms with Gasteiger partial charge in [0.1, 0.15) is 0 Å². The van der Waals surface area contributed by atoms with Gasteiger partial charge in [0.05, 0.1) is 0 Å². The molecule has 0 saturated heterocycles. The molecular formula is C12H23NO. The maximum Gasteiger partial charge on any atom is 0.0322 e. The Morgan fingerprint density at radius 2 is 1.50 bits per heavy atom. The number of hydrogen-bond donors (Lipinski definition) is 2. The highest BCUT2D eigenvalue weighted by atomic mass is 16.5. The van der Waals surface area contributed by atoms with E-state index in [1.54, 1.807) is 0 Å². The van der Waals surface area contributed by atoms with Gasteiger partial charge in [-0.1, -0.05) is 44.9 Å². The summed E-state index contributed by atoms with van der Waals surface area (Å²) < 4.78 is 0. The third-order valence-electron chi connectivity index (χ3n) is 4.21. The van der Waals surface area contributed by atoms with Crippen LogP contribution in [0.25, 0.3) is 0 Å². The summed E-state index contributed by atoms with van der Waals surface area (Å²) in [7, 11) is 0. The molecule has 0 bridgehead atoms. The molecule has 0 radical (unpaired) electrons. The molecule has 2 aliphatic rings. The highest BCUT2D eigenvalue weighted by Gasteiger charge is 2.28. The molecule has 2 rings (SSSR count). The summed E-state index contributed by atoms with van der Waals surface area (Å²) in [4.78, 5) is 0. The zero-order valence-electron chi connectivity index (χ0n) is 9.04. The van der Waals surface area contributed by atoms with Crippen molar-refractivity contribution < 1.29 is 5.21 Å². The zero-order chi connectivity index (χ0) is 9.80. The van der Waals surface area contributed by atoms with Crippen LogP contribution in [0.3, 0.4) is 0 Å². The normalized spacial score (nSPS) is 35.8. The predicted octanol–water partition coefficient (Wildman–Crippen LogP) is 3.10. The van der Waals surface area contributed by atoms with Crippen molar-refractivity contribution in [3.05, 3.63) is 0 Å². The highest BCUT2D eigenvalue weighted by Crippen LogP contribution is 2.38. The fraction of sp³-hybridized carbons (Fsp3) is 1.00. The van der Waals surface area contributed by atoms with Gasteiger partial charge >= 0.3 is 0 Å². The molecule has 0 aromatic carbocycles. The van der Waals surface area contributed by atoms with Gasteiger partial charge in [0.25, 0.3) is 0 Å². The first-order chi connectivity index (χ1) is 6.90. The number of hydrogen-bond acceptors (Lipinski definition) is 2. The summed E-state index contributed by atoms with van der Waals surface area (Å²) in [5.41, 5.74) is 2.47. The van der Waals surface area contributed by atoms with Crippen LogP contribution in [0.1, 0.15) is 57.8 Å². The van der Waals surface area contributed by atoms with Gasteiger partial charge < -0.3 is 5.21 Å². The second-order valence-electron chi connectivity index (χ2n) is 5.15. The summed E-state index contributed by atoms with van der Waals surface area (Å²) in [6.07, 6.45) is 12.3. The molecular weight excluding hydrogens is 174 g/mol. The van der Waals surface area contributed by atoms with Crippen LogP contribution in [0.5, 0.6) is 0 Å². The average molecular weight is 197 g/mol. The molecule has 14 heavy (non-hydrogen) atoms. The van der Waals surface area contributed by atoms with Crippen molar-refractivity contribution in [1.29, 1.82) is 0 Å². The van der Waals surface area contributed by atoms with E-state index in [0.29, 0.717) is 6.04 Å². The molecule has 0 aliphatic heterocycles. The Morgan fingerprint density at radius 3 is 2.21 bits per heavy atom. The van der Waals surface area contributed by atoms with Crippen molar-refractivity contribution in [3.63, 3.8) is 0 Å². The third kappa shape index (κ3) is 2.48. The maximum absolute atomic E-state index is 8.96. The largest absolute Gasteiger partial charge is 0.317 e. The summed E-state index contributed by atoms with van der Waals surface area (Å²) in [5, 5.41) is 8.96. The van der Waals surface area contributed by atoms with Crippen molar-refractivity contribution in [2.75, 3.05) is 0 Å². The molecule has 0 aromatic heterocycles. The molecule has 2 atom stereocenters. The molecule has 2 unspecified atom stereocenters. The minimum Gasteiger partial charge on any atom is -0.317 e. The zero-order valence-corrected chi connectivity index (χ0v) is 9.04. The first-order valence-electron chi connectivity index (χ1n) is 6.30. The Balaban J connectivity index is 1.83. The smallest absolute Gasteiger partial charge is 0.0322 e. The lowest BCUT2D eigenvalue weighted by atomic mass is 9.72. The molecule has 2 fully saturated rings. The van der Waals surface area contributed by atoms with Gasteiger partial charge in [-0.3, -0.25) is 0 Å². The summed E-state index contributed by atoms with van der Waals surface area (Å²) in [6.45, 7) is 0. The Bertz CT molecular complexity index is 166. The quantitative estimate of drug-likeness (QED) is 0.667. The summed E-state index contributed by atoms with van der Waals surface area (Å²) >= 11 is 0. The van der Waals surface area contributed by atoms with E-state index in [1.807, 2.05) is 0 Å². The maximum atomic E-state index is 8.96. The van der Waals surface area contributed by atoms with E-state index < -0.39 is 0 Å². The lowest BCUT2D eigenvalue weighted by molar-refractivity contribution is 0.0745. The van der Waals surface area contributed by atoms with Crippen LogP contribution in [0, 0.1) is 11.8 Å². The minimum atomic E-state index is 0.385. The van der Waals surface area contributed by atoms with Gasteiger partial charge in [-0.15, -0.1) is 0 Å². The van der Waals surface area contributed by atoms with E-state index in [2.05, 4.69) is 5.48 Å².